The summed E-state index contributed by atoms with van der Waals surface area (Å²) in [4.78, 5) is 0. The number of ether oxygens (including phenoxy) is 2. The van der Waals surface area contributed by atoms with Gasteiger partial charge in [-0.25, -0.2) is 8.78 Å². The van der Waals surface area contributed by atoms with Crippen molar-refractivity contribution in [3.8, 4) is 11.5 Å². The fraction of sp³-hybridized carbons (Fsp3) is 0.600. The summed E-state index contributed by atoms with van der Waals surface area (Å²) in [6.45, 7) is 0.430. The number of nitrogens with two attached hydrogens (primary N) is 1. The average Bonchev–Trinajstić information content (AvgIpc) is 2.95. The van der Waals surface area contributed by atoms with E-state index in [4.69, 9.17) is 15.2 Å². The Hall–Kier alpha value is -1.36. The zero-order chi connectivity index (χ0) is 14.8. The van der Waals surface area contributed by atoms with Gasteiger partial charge < -0.3 is 15.2 Å². The first-order valence-electron chi connectivity index (χ1n) is 6.82. The molecule has 0 saturated heterocycles. The Bertz CT molecular complexity index is 471. The lowest BCUT2D eigenvalue weighted by molar-refractivity contribution is 0.150. The van der Waals surface area contributed by atoms with Crippen LogP contribution in [-0.4, -0.2) is 20.8 Å². The summed E-state index contributed by atoms with van der Waals surface area (Å²) in [7, 11) is 2.99. The first-order valence-corrected chi connectivity index (χ1v) is 6.82. The van der Waals surface area contributed by atoms with Gasteiger partial charge in [0.05, 0.1) is 14.2 Å². The highest BCUT2D eigenvalue weighted by Gasteiger charge is 2.38. The molecule has 1 saturated carbocycles. The van der Waals surface area contributed by atoms with Crippen molar-refractivity contribution in [3.63, 3.8) is 0 Å². The van der Waals surface area contributed by atoms with Crippen molar-refractivity contribution in [2.45, 2.75) is 37.5 Å². The molecule has 1 fully saturated rings. The summed E-state index contributed by atoms with van der Waals surface area (Å²) < 4.78 is 36.8. The first-order chi connectivity index (χ1) is 9.57. The average molecular weight is 285 g/mol. The van der Waals surface area contributed by atoms with Gasteiger partial charge in [0.25, 0.3) is 6.43 Å². The molecule has 0 bridgehead atoms. The molecule has 0 atom stereocenters. The lowest BCUT2D eigenvalue weighted by Crippen LogP contribution is -2.32. The Labute approximate surface area is 118 Å². The van der Waals surface area contributed by atoms with Crippen LogP contribution < -0.4 is 15.2 Å². The molecular formula is C15H21F2NO2. The highest BCUT2D eigenvalue weighted by molar-refractivity contribution is 5.53. The Morgan fingerprint density at radius 3 is 2.30 bits per heavy atom. The van der Waals surface area contributed by atoms with Crippen LogP contribution in [0.5, 0.6) is 11.5 Å². The van der Waals surface area contributed by atoms with Crippen LogP contribution in [-0.2, 0) is 5.41 Å². The maximum atomic E-state index is 13.1. The maximum Gasteiger partial charge on any atom is 0.263 e. The molecule has 0 heterocycles. The summed E-state index contributed by atoms with van der Waals surface area (Å²) in [5.74, 6) is 0.879. The molecule has 20 heavy (non-hydrogen) atoms. The zero-order valence-corrected chi connectivity index (χ0v) is 11.9. The number of alkyl halides is 2. The molecule has 0 aromatic heterocycles. The normalized spacial score (nSPS) is 17.5. The molecule has 1 aromatic rings. The van der Waals surface area contributed by atoms with E-state index in [9.17, 15) is 8.78 Å². The third-order valence-corrected chi connectivity index (χ3v) is 4.28. The van der Waals surface area contributed by atoms with E-state index >= 15 is 0 Å². The Morgan fingerprint density at radius 1 is 1.20 bits per heavy atom. The van der Waals surface area contributed by atoms with Gasteiger partial charge in [0.15, 0.2) is 11.5 Å². The van der Waals surface area contributed by atoms with E-state index in [1.54, 1.807) is 0 Å². The van der Waals surface area contributed by atoms with Gasteiger partial charge in [0.1, 0.15) is 0 Å². The van der Waals surface area contributed by atoms with Gasteiger partial charge in [0.2, 0.25) is 0 Å². The molecule has 1 aliphatic rings. The van der Waals surface area contributed by atoms with Crippen LogP contribution in [0.4, 0.5) is 8.78 Å². The SMILES string of the molecule is COc1cc(C(F)F)cc(C2(CN)CCCC2)c1OC. The molecule has 0 radical (unpaired) electrons. The first kappa shape index (κ1) is 15.0. The second-order valence-corrected chi connectivity index (χ2v) is 5.30. The van der Waals surface area contributed by atoms with Crippen LogP contribution in [0.3, 0.4) is 0 Å². The topological polar surface area (TPSA) is 44.5 Å². The van der Waals surface area contributed by atoms with Crippen molar-refractivity contribution in [3.05, 3.63) is 23.3 Å². The van der Waals surface area contributed by atoms with Crippen LogP contribution >= 0.6 is 0 Å². The number of hydrogen-bond acceptors (Lipinski definition) is 3. The largest absolute Gasteiger partial charge is 0.493 e. The van der Waals surface area contributed by atoms with Crippen molar-refractivity contribution in [2.75, 3.05) is 20.8 Å². The van der Waals surface area contributed by atoms with E-state index in [1.165, 1.54) is 26.4 Å². The molecule has 0 amide bonds. The molecule has 2 rings (SSSR count). The minimum atomic E-state index is -2.54. The predicted octanol–water partition coefficient (Wildman–Crippen LogP) is 3.41. The van der Waals surface area contributed by atoms with Crippen molar-refractivity contribution in [2.24, 2.45) is 5.73 Å². The highest BCUT2D eigenvalue weighted by Crippen LogP contribution is 2.48. The standard InChI is InChI=1S/C15H21F2NO2/c1-19-12-8-10(14(16)17)7-11(13(12)20-2)15(9-18)5-3-4-6-15/h7-8,14H,3-6,9,18H2,1-2H3. The van der Waals surface area contributed by atoms with Crippen LogP contribution in [0, 0.1) is 0 Å². The van der Waals surface area contributed by atoms with Crippen molar-refractivity contribution >= 4 is 0 Å². The second kappa shape index (κ2) is 5.95. The van der Waals surface area contributed by atoms with Crippen molar-refractivity contribution in [1.82, 2.24) is 0 Å². The summed E-state index contributed by atoms with van der Waals surface area (Å²) in [5.41, 5.74) is 6.40. The van der Waals surface area contributed by atoms with Crippen LogP contribution in [0.2, 0.25) is 0 Å². The Kier molecular flexibility index (Phi) is 4.48. The third-order valence-electron chi connectivity index (χ3n) is 4.28. The third kappa shape index (κ3) is 2.46. The maximum absolute atomic E-state index is 13.1. The molecule has 3 nitrogen and oxygen atoms in total. The molecular weight excluding hydrogens is 264 g/mol. The Morgan fingerprint density at radius 2 is 1.85 bits per heavy atom. The fourth-order valence-electron chi connectivity index (χ4n) is 3.14. The van der Waals surface area contributed by atoms with Crippen LogP contribution in [0.1, 0.15) is 43.2 Å². The molecule has 5 heteroatoms. The van der Waals surface area contributed by atoms with Gasteiger partial charge in [-0.15, -0.1) is 0 Å². The number of methoxy groups -OCH3 is 2. The van der Waals surface area contributed by atoms with Gasteiger partial charge >= 0.3 is 0 Å². The molecule has 112 valence electrons. The van der Waals surface area contributed by atoms with Gasteiger partial charge in [-0.2, -0.15) is 0 Å². The van der Waals surface area contributed by atoms with Crippen molar-refractivity contribution < 1.29 is 18.3 Å². The van der Waals surface area contributed by atoms with E-state index in [1.807, 2.05) is 0 Å². The smallest absolute Gasteiger partial charge is 0.263 e. The molecule has 1 aliphatic carbocycles. The number of benzene rings is 1. The van der Waals surface area contributed by atoms with Gasteiger partial charge in [-0.05, 0) is 25.0 Å². The summed E-state index contributed by atoms with van der Waals surface area (Å²) >= 11 is 0. The quantitative estimate of drug-likeness (QED) is 0.901. The molecule has 0 aliphatic heterocycles. The zero-order valence-electron chi connectivity index (χ0n) is 11.9. The predicted molar refractivity (Wildman–Crippen MR) is 73.7 cm³/mol. The molecule has 0 unspecified atom stereocenters. The fourth-order valence-corrected chi connectivity index (χ4v) is 3.14. The molecule has 1 aromatic carbocycles. The monoisotopic (exact) mass is 285 g/mol. The number of hydrogen-bond donors (Lipinski definition) is 1. The van der Waals surface area contributed by atoms with E-state index in [-0.39, 0.29) is 11.0 Å². The second-order valence-electron chi connectivity index (χ2n) is 5.30. The highest BCUT2D eigenvalue weighted by atomic mass is 19.3. The van der Waals surface area contributed by atoms with Crippen molar-refractivity contribution in [1.29, 1.82) is 0 Å². The van der Waals surface area contributed by atoms with E-state index < -0.39 is 6.43 Å². The summed E-state index contributed by atoms with van der Waals surface area (Å²) in [6.07, 6.45) is 1.37. The van der Waals surface area contributed by atoms with Crippen LogP contribution in [0.25, 0.3) is 0 Å². The van der Waals surface area contributed by atoms with E-state index in [2.05, 4.69) is 0 Å². The van der Waals surface area contributed by atoms with Gasteiger partial charge in [-0.1, -0.05) is 12.8 Å². The van der Waals surface area contributed by atoms with Crippen LogP contribution in [0.15, 0.2) is 12.1 Å². The minimum Gasteiger partial charge on any atom is -0.493 e. The van der Waals surface area contributed by atoms with Gasteiger partial charge in [-0.3, -0.25) is 0 Å². The van der Waals surface area contributed by atoms with E-state index in [0.717, 1.165) is 31.2 Å². The lowest BCUT2D eigenvalue weighted by atomic mass is 9.77. The summed E-state index contributed by atoms with van der Waals surface area (Å²) in [6, 6.07) is 2.87. The van der Waals surface area contributed by atoms with Gasteiger partial charge in [0, 0.05) is 23.1 Å². The summed E-state index contributed by atoms with van der Waals surface area (Å²) in [5, 5.41) is 0. The minimum absolute atomic E-state index is 0.0441. The molecule has 0 spiro atoms. The van der Waals surface area contributed by atoms with E-state index in [0.29, 0.717) is 18.0 Å². The molecule has 2 N–H and O–H groups in total. The Balaban J connectivity index is 2.62. The number of rotatable bonds is 5. The number of halogens is 2. The lowest BCUT2D eigenvalue weighted by Gasteiger charge is -2.30.